The lowest BCUT2D eigenvalue weighted by atomic mass is 10.1. The highest BCUT2D eigenvalue weighted by Crippen LogP contribution is 2.25. The maximum Gasteiger partial charge on any atom is 0.259 e. The smallest absolute Gasteiger partial charge is 0.259 e. The second kappa shape index (κ2) is 4.87. The van der Waals surface area contributed by atoms with Crippen LogP contribution >= 0.6 is 0 Å². The van der Waals surface area contributed by atoms with E-state index in [1.54, 1.807) is 0 Å². The Kier molecular flexibility index (Phi) is 2.91. The minimum atomic E-state index is -0.518. The molecule has 0 saturated heterocycles. The lowest BCUT2D eigenvalue weighted by molar-refractivity contribution is -0.116. The number of carbonyl (C=O) groups is 1. The fourth-order valence-electron chi connectivity index (χ4n) is 1.92. The van der Waals surface area contributed by atoms with E-state index in [9.17, 15) is 4.79 Å². The average molecular weight is 248 g/mol. The van der Waals surface area contributed by atoms with Gasteiger partial charge < -0.3 is 10.6 Å². The summed E-state index contributed by atoms with van der Waals surface area (Å²) < 4.78 is 0. The van der Waals surface area contributed by atoms with E-state index >= 15 is 0 Å². The third-order valence-corrected chi connectivity index (χ3v) is 2.88. The molecule has 0 radical (unpaired) electrons. The molecule has 0 spiro atoms. The van der Waals surface area contributed by atoms with Crippen LogP contribution in [0, 0.1) is 11.8 Å². The highest BCUT2D eigenvalue weighted by molar-refractivity contribution is 6.04. The summed E-state index contributed by atoms with van der Waals surface area (Å²) in [6, 6.07) is 16.7. The van der Waals surface area contributed by atoms with Gasteiger partial charge in [-0.1, -0.05) is 42.2 Å². The first-order chi connectivity index (χ1) is 9.33. The molecule has 0 aliphatic carbocycles. The second-order valence-corrected chi connectivity index (χ2v) is 4.25. The third kappa shape index (κ3) is 2.43. The molecule has 92 valence electrons. The average Bonchev–Trinajstić information content (AvgIpc) is 2.46. The minimum absolute atomic E-state index is 0.123. The van der Waals surface area contributed by atoms with Crippen molar-refractivity contribution in [3.8, 4) is 11.8 Å². The fourth-order valence-corrected chi connectivity index (χ4v) is 1.92. The Labute approximate surface area is 111 Å². The van der Waals surface area contributed by atoms with Crippen LogP contribution in [0.3, 0.4) is 0 Å². The zero-order valence-corrected chi connectivity index (χ0v) is 10.2. The Bertz CT molecular complexity index is 668. The zero-order valence-electron chi connectivity index (χ0n) is 10.2. The Morgan fingerprint density at radius 3 is 2.37 bits per heavy atom. The van der Waals surface area contributed by atoms with Crippen molar-refractivity contribution in [1.29, 1.82) is 0 Å². The van der Waals surface area contributed by atoms with Gasteiger partial charge in [0.15, 0.2) is 6.04 Å². The largest absolute Gasteiger partial charge is 0.362 e. The summed E-state index contributed by atoms with van der Waals surface area (Å²) in [5.74, 6) is 5.83. The Hall–Kier alpha value is -2.73. The molecule has 3 heteroatoms. The Morgan fingerprint density at radius 2 is 1.58 bits per heavy atom. The van der Waals surface area contributed by atoms with E-state index in [4.69, 9.17) is 0 Å². The monoisotopic (exact) mass is 248 g/mol. The molecule has 0 aromatic heterocycles. The molecule has 1 amide bonds. The molecule has 0 bridgehead atoms. The van der Waals surface area contributed by atoms with Gasteiger partial charge in [-0.05, 0) is 24.3 Å². The molecule has 1 aliphatic heterocycles. The summed E-state index contributed by atoms with van der Waals surface area (Å²) in [4.78, 5) is 11.9. The maximum atomic E-state index is 11.9. The van der Waals surface area contributed by atoms with E-state index in [2.05, 4.69) is 22.5 Å². The van der Waals surface area contributed by atoms with E-state index < -0.39 is 6.04 Å². The van der Waals surface area contributed by atoms with Gasteiger partial charge >= 0.3 is 0 Å². The van der Waals surface area contributed by atoms with Crippen LogP contribution in [-0.2, 0) is 4.79 Å². The SMILES string of the molecule is O=C1Nc2ccccc2N[C@@H]1C#Cc1ccccc1. The van der Waals surface area contributed by atoms with Crippen molar-refractivity contribution in [3.05, 3.63) is 60.2 Å². The van der Waals surface area contributed by atoms with Gasteiger partial charge in [-0.2, -0.15) is 0 Å². The first kappa shape index (κ1) is 11.4. The third-order valence-electron chi connectivity index (χ3n) is 2.88. The highest BCUT2D eigenvalue weighted by Gasteiger charge is 2.22. The van der Waals surface area contributed by atoms with E-state index in [0.717, 1.165) is 16.9 Å². The lowest BCUT2D eigenvalue weighted by Gasteiger charge is -2.23. The van der Waals surface area contributed by atoms with Gasteiger partial charge in [0.25, 0.3) is 5.91 Å². The molecular weight excluding hydrogens is 236 g/mol. The van der Waals surface area contributed by atoms with Crippen molar-refractivity contribution in [3.63, 3.8) is 0 Å². The molecule has 2 aromatic rings. The predicted octanol–water partition coefficient (Wildman–Crippen LogP) is 2.47. The quantitative estimate of drug-likeness (QED) is 0.703. The van der Waals surface area contributed by atoms with Crippen molar-refractivity contribution in [2.24, 2.45) is 0 Å². The maximum absolute atomic E-state index is 11.9. The van der Waals surface area contributed by atoms with Gasteiger partial charge in [0.2, 0.25) is 0 Å². The summed E-state index contributed by atoms with van der Waals surface area (Å²) in [5, 5.41) is 5.97. The highest BCUT2D eigenvalue weighted by atomic mass is 16.2. The standard InChI is InChI=1S/C16H12N2O/c19-16-15(11-10-12-6-2-1-3-7-12)17-13-8-4-5-9-14(13)18-16/h1-9,15,17H,(H,18,19)/t15-/m1/s1. The molecule has 0 saturated carbocycles. The molecule has 3 rings (SSSR count). The molecule has 19 heavy (non-hydrogen) atoms. The summed E-state index contributed by atoms with van der Waals surface area (Å²) in [5.41, 5.74) is 2.59. The van der Waals surface area contributed by atoms with Crippen LogP contribution in [-0.4, -0.2) is 11.9 Å². The van der Waals surface area contributed by atoms with E-state index in [0.29, 0.717) is 0 Å². The first-order valence-corrected chi connectivity index (χ1v) is 6.06. The van der Waals surface area contributed by atoms with Gasteiger partial charge in [-0.15, -0.1) is 0 Å². The molecule has 2 N–H and O–H groups in total. The first-order valence-electron chi connectivity index (χ1n) is 6.06. The number of carbonyl (C=O) groups excluding carboxylic acids is 1. The number of amides is 1. The number of anilines is 2. The number of para-hydroxylation sites is 2. The Morgan fingerprint density at radius 1 is 0.895 bits per heavy atom. The van der Waals surface area contributed by atoms with Crippen LogP contribution in [0.15, 0.2) is 54.6 Å². The van der Waals surface area contributed by atoms with Crippen molar-refractivity contribution in [2.45, 2.75) is 6.04 Å². The molecule has 3 nitrogen and oxygen atoms in total. The molecular formula is C16H12N2O. The normalized spacial score (nSPS) is 16.4. The molecule has 2 aromatic carbocycles. The topological polar surface area (TPSA) is 41.1 Å². The molecule has 1 aliphatic rings. The van der Waals surface area contributed by atoms with Gasteiger partial charge in [0.05, 0.1) is 11.4 Å². The lowest BCUT2D eigenvalue weighted by Crippen LogP contribution is -2.37. The zero-order chi connectivity index (χ0) is 13.1. The van der Waals surface area contributed by atoms with Gasteiger partial charge in [0, 0.05) is 5.56 Å². The second-order valence-electron chi connectivity index (χ2n) is 4.25. The van der Waals surface area contributed by atoms with Crippen molar-refractivity contribution in [2.75, 3.05) is 10.6 Å². The van der Waals surface area contributed by atoms with Crippen molar-refractivity contribution < 1.29 is 4.79 Å². The van der Waals surface area contributed by atoms with Gasteiger partial charge in [-0.3, -0.25) is 4.79 Å². The van der Waals surface area contributed by atoms with Gasteiger partial charge in [0.1, 0.15) is 0 Å². The van der Waals surface area contributed by atoms with Crippen LogP contribution in [0.5, 0.6) is 0 Å². The number of hydrogen-bond donors (Lipinski definition) is 2. The molecule has 0 unspecified atom stereocenters. The minimum Gasteiger partial charge on any atom is -0.362 e. The van der Waals surface area contributed by atoms with Crippen LogP contribution in [0.25, 0.3) is 0 Å². The number of rotatable bonds is 0. The summed E-state index contributed by atoms with van der Waals surface area (Å²) in [7, 11) is 0. The van der Waals surface area contributed by atoms with Gasteiger partial charge in [-0.25, -0.2) is 0 Å². The van der Waals surface area contributed by atoms with Crippen LogP contribution in [0.2, 0.25) is 0 Å². The van der Waals surface area contributed by atoms with Crippen LogP contribution in [0.1, 0.15) is 5.56 Å². The van der Waals surface area contributed by atoms with Crippen LogP contribution < -0.4 is 10.6 Å². The summed E-state index contributed by atoms with van der Waals surface area (Å²) >= 11 is 0. The summed E-state index contributed by atoms with van der Waals surface area (Å²) in [6.07, 6.45) is 0. The Balaban J connectivity index is 1.84. The number of hydrogen-bond acceptors (Lipinski definition) is 2. The number of nitrogens with one attached hydrogen (secondary N) is 2. The van der Waals surface area contributed by atoms with E-state index in [-0.39, 0.29) is 5.91 Å². The summed E-state index contributed by atoms with van der Waals surface area (Å²) in [6.45, 7) is 0. The van der Waals surface area contributed by atoms with Crippen LogP contribution in [0.4, 0.5) is 11.4 Å². The number of benzene rings is 2. The van der Waals surface area contributed by atoms with E-state index in [1.165, 1.54) is 0 Å². The van der Waals surface area contributed by atoms with Crippen molar-refractivity contribution in [1.82, 2.24) is 0 Å². The fraction of sp³-hybridized carbons (Fsp3) is 0.0625. The van der Waals surface area contributed by atoms with Crippen molar-refractivity contribution >= 4 is 17.3 Å². The molecule has 1 atom stereocenters. The molecule has 1 heterocycles. The predicted molar refractivity (Wildman–Crippen MR) is 75.8 cm³/mol. The number of fused-ring (bicyclic) bond motifs is 1. The van der Waals surface area contributed by atoms with E-state index in [1.807, 2.05) is 54.6 Å². The molecule has 0 fully saturated rings.